The average Bonchev–Trinajstić information content (AvgIpc) is 2.82. The number of aromatic nitrogens is 2. The molecule has 2 rings (SSSR count). The van der Waals surface area contributed by atoms with Crippen LogP contribution in [0.3, 0.4) is 0 Å². The molecule has 6 heteroatoms. The molecule has 0 aliphatic carbocycles. The molecule has 2 aromatic rings. The number of halogens is 1. The molecule has 5 nitrogen and oxygen atoms in total. The standard InChI is InChI=1S/C14H13FN4O/c1-19-8-6-13(18-19)17-14(20)12-9-11(15)5-4-10(12)3-2-7-16/h4-6,8-9H,7,16H2,1H3,(H,17,18,20). The van der Waals surface area contributed by atoms with Gasteiger partial charge in [-0.05, 0) is 18.2 Å². The number of nitrogens with zero attached hydrogens (tertiary/aromatic N) is 2. The summed E-state index contributed by atoms with van der Waals surface area (Å²) < 4.78 is 14.9. The highest BCUT2D eigenvalue weighted by Crippen LogP contribution is 2.13. The number of amides is 1. The van der Waals surface area contributed by atoms with Crippen LogP contribution in [0.5, 0.6) is 0 Å². The summed E-state index contributed by atoms with van der Waals surface area (Å²) >= 11 is 0. The summed E-state index contributed by atoms with van der Waals surface area (Å²) in [6.45, 7) is 0.165. The number of hydrogen-bond donors (Lipinski definition) is 2. The van der Waals surface area contributed by atoms with Crippen molar-refractivity contribution in [3.8, 4) is 11.8 Å². The molecule has 1 amide bonds. The Hall–Kier alpha value is -2.65. The fourth-order valence-electron chi connectivity index (χ4n) is 1.62. The maximum Gasteiger partial charge on any atom is 0.258 e. The van der Waals surface area contributed by atoms with Crippen LogP contribution in [-0.4, -0.2) is 22.2 Å². The van der Waals surface area contributed by atoms with Gasteiger partial charge in [-0.2, -0.15) is 5.10 Å². The Morgan fingerprint density at radius 2 is 2.30 bits per heavy atom. The molecule has 0 atom stereocenters. The predicted molar refractivity (Wildman–Crippen MR) is 73.5 cm³/mol. The van der Waals surface area contributed by atoms with Gasteiger partial charge in [0.2, 0.25) is 0 Å². The van der Waals surface area contributed by atoms with E-state index < -0.39 is 11.7 Å². The minimum atomic E-state index is -0.505. The summed E-state index contributed by atoms with van der Waals surface area (Å²) in [6.07, 6.45) is 1.69. The monoisotopic (exact) mass is 272 g/mol. The fourth-order valence-corrected chi connectivity index (χ4v) is 1.62. The Bertz CT molecular complexity index is 697. The first-order chi connectivity index (χ1) is 9.60. The Labute approximate surface area is 115 Å². The van der Waals surface area contributed by atoms with Crippen molar-refractivity contribution in [2.45, 2.75) is 0 Å². The van der Waals surface area contributed by atoms with Crippen LogP contribution in [0.1, 0.15) is 15.9 Å². The van der Waals surface area contributed by atoms with E-state index >= 15 is 0 Å². The molecule has 3 N–H and O–H groups in total. The van der Waals surface area contributed by atoms with Crippen LogP contribution >= 0.6 is 0 Å². The normalized spacial score (nSPS) is 9.75. The zero-order valence-corrected chi connectivity index (χ0v) is 10.9. The summed E-state index contributed by atoms with van der Waals surface area (Å²) in [5.41, 5.74) is 5.87. The summed E-state index contributed by atoms with van der Waals surface area (Å²) in [6, 6.07) is 5.48. The third kappa shape index (κ3) is 3.22. The van der Waals surface area contributed by atoms with Gasteiger partial charge in [0.1, 0.15) is 5.82 Å². The lowest BCUT2D eigenvalue weighted by atomic mass is 10.1. The summed E-state index contributed by atoms with van der Waals surface area (Å²) in [7, 11) is 1.73. The van der Waals surface area contributed by atoms with Crippen LogP contribution in [0.2, 0.25) is 0 Å². The van der Waals surface area contributed by atoms with Gasteiger partial charge in [-0.25, -0.2) is 4.39 Å². The summed E-state index contributed by atoms with van der Waals surface area (Å²) in [5, 5.41) is 6.61. The largest absolute Gasteiger partial charge is 0.320 e. The van der Waals surface area contributed by atoms with E-state index in [1.165, 1.54) is 12.1 Å². The molecule has 0 fully saturated rings. The zero-order valence-electron chi connectivity index (χ0n) is 10.9. The number of anilines is 1. The Kier molecular flexibility index (Phi) is 4.13. The maximum atomic E-state index is 13.3. The number of benzene rings is 1. The molecule has 0 radical (unpaired) electrons. The van der Waals surface area contributed by atoms with E-state index in [0.29, 0.717) is 11.4 Å². The third-order valence-electron chi connectivity index (χ3n) is 2.51. The van der Waals surface area contributed by atoms with E-state index in [1.807, 2.05) is 0 Å². The van der Waals surface area contributed by atoms with E-state index in [0.717, 1.165) is 6.07 Å². The first kappa shape index (κ1) is 13.8. The van der Waals surface area contributed by atoms with Crippen LogP contribution in [0.15, 0.2) is 30.5 Å². The van der Waals surface area contributed by atoms with Crippen molar-refractivity contribution in [1.29, 1.82) is 0 Å². The molecule has 20 heavy (non-hydrogen) atoms. The van der Waals surface area contributed by atoms with E-state index in [9.17, 15) is 9.18 Å². The van der Waals surface area contributed by atoms with Crippen molar-refractivity contribution in [2.24, 2.45) is 12.8 Å². The molecule has 102 valence electrons. The SMILES string of the molecule is Cn1ccc(NC(=O)c2cc(F)ccc2C#CCN)n1. The van der Waals surface area contributed by atoms with E-state index in [-0.39, 0.29) is 12.1 Å². The Balaban J connectivity index is 2.30. The molecule has 0 saturated carbocycles. The molecule has 1 heterocycles. The van der Waals surface area contributed by atoms with Crippen molar-refractivity contribution in [2.75, 3.05) is 11.9 Å². The van der Waals surface area contributed by atoms with Crippen LogP contribution in [0.4, 0.5) is 10.2 Å². The van der Waals surface area contributed by atoms with Crippen LogP contribution in [0, 0.1) is 17.7 Å². The Morgan fingerprint density at radius 1 is 1.50 bits per heavy atom. The number of hydrogen-bond acceptors (Lipinski definition) is 3. The number of nitrogens with two attached hydrogens (primary N) is 1. The van der Waals surface area contributed by atoms with Gasteiger partial charge < -0.3 is 11.1 Å². The minimum Gasteiger partial charge on any atom is -0.320 e. The molecular weight excluding hydrogens is 259 g/mol. The summed E-state index contributed by atoms with van der Waals surface area (Å²) in [5.74, 6) is 4.80. The molecule has 0 bridgehead atoms. The van der Waals surface area contributed by atoms with Gasteiger partial charge in [0.25, 0.3) is 5.91 Å². The summed E-state index contributed by atoms with van der Waals surface area (Å²) in [4.78, 5) is 12.1. The minimum absolute atomic E-state index is 0.150. The maximum absolute atomic E-state index is 13.3. The third-order valence-corrected chi connectivity index (χ3v) is 2.51. The molecule has 1 aromatic heterocycles. The first-order valence-electron chi connectivity index (χ1n) is 5.89. The first-order valence-corrected chi connectivity index (χ1v) is 5.89. The van der Waals surface area contributed by atoms with Gasteiger partial charge in [0.15, 0.2) is 5.82 Å². The molecule has 0 aliphatic heterocycles. The molecular formula is C14H13FN4O. The van der Waals surface area contributed by atoms with Gasteiger partial charge in [0, 0.05) is 24.9 Å². The van der Waals surface area contributed by atoms with Gasteiger partial charge in [0.05, 0.1) is 12.1 Å². The average molecular weight is 272 g/mol. The quantitative estimate of drug-likeness (QED) is 0.805. The smallest absolute Gasteiger partial charge is 0.258 e. The second-order valence-corrected chi connectivity index (χ2v) is 4.02. The lowest BCUT2D eigenvalue weighted by Gasteiger charge is -2.05. The van der Waals surface area contributed by atoms with Crippen LogP contribution in [0.25, 0.3) is 0 Å². The number of rotatable bonds is 2. The van der Waals surface area contributed by atoms with E-state index in [4.69, 9.17) is 5.73 Å². The van der Waals surface area contributed by atoms with E-state index in [1.54, 1.807) is 24.0 Å². The van der Waals surface area contributed by atoms with Crippen molar-refractivity contribution in [3.63, 3.8) is 0 Å². The zero-order chi connectivity index (χ0) is 14.5. The second-order valence-electron chi connectivity index (χ2n) is 4.02. The molecule has 0 aliphatic rings. The fraction of sp³-hybridized carbons (Fsp3) is 0.143. The predicted octanol–water partition coefficient (Wildman–Crippen LogP) is 1.12. The van der Waals surface area contributed by atoms with E-state index in [2.05, 4.69) is 22.3 Å². The van der Waals surface area contributed by atoms with Crippen LogP contribution in [-0.2, 0) is 7.05 Å². The van der Waals surface area contributed by atoms with Crippen molar-refractivity contribution in [3.05, 3.63) is 47.4 Å². The lowest BCUT2D eigenvalue weighted by molar-refractivity contribution is 0.102. The second kappa shape index (κ2) is 5.99. The van der Waals surface area contributed by atoms with Crippen LogP contribution < -0.4 is 11.1 Å². The van der Waals surface area contributed by atoms with Gasteiger partial charge in [-0.3, -0.25) is 9.48 Å². The van der Waals surface area contributed by atoms with Gasteiger partial charge in [-0.15, -0.1) is 0 Å². The molecule has 0 spiro atoms. The molecule has 1 aromatic carbocycles. The number of carbonyl (C=O) groups excluding carboxylic acids is 1. The van der Waals surface area contributed by atoms with Crippen molar-refractivity contribution in [1.82, 2.24) is 9.78 Å². The lowest BCUT2D eigenvalue weighted by Crippen LogP contribution is -2.14. The van der Waals surface area contributed by atoms with Crippen molar-refractivity contribution < 1.29 is 9.18 Å². The highest BCUT2D eigenvalue weighted by Gasteiger charge is 2.13. The van der Waals surface area contributed by atoms with Gasteiger partial charge >= 0.3 is 0 Å². The highest BCUT2D eigenvalue weighted by atomic mass is 19.1. The van der Waals surface area contributed by atoms with Gasteiger partial charge in [-0.1, -0.05) is 11.8 Å². The number of aryl methyl sites for hydroxylation is 1. The molecule has 0 saturated heterocycles. The Morgan fingerprint density at radius 3 is 2.95 bits per heavy atom. The highest BCUT2D eigenvalue weighted by molar-refractivity contribution is 6.05. The number of carbonyl (C=O) groups is 1. The number of nitrogens with one attached hydrogen (secondary N) is 1. The topological polar surface area (TPSA) is 72.9 Å². The molecule has 0 unspecified atom stereocenters. The van der Waals surface area contributed by atoms with Crippen molar-refractivity contribution >= 4 is 11.7 Å².